The molecule has 27 heavy (non-hydrogen) atoms. The number of para-hydroxylation sites is 2. The Balaban J connectivity index is 2.18. The number of carboxylic acids is 1. The lowest BCUT2D eigenvalue weighted by Crippen LogP contribution is -2.10. The van der Waals surface area contributed by atoms with Gasteiger partial charge in [0.15, 0.2) is 0 Å². The first kappa shape index (κ1) is 18.5. The number of nitrogens with one attached hydrogen (secondary N) is 1. The van der Waals surface area contributed by atoms with Gasteiger partial charge >= 0.3 is 5.97 Å². The second kappa shape index (κ2) is 7.53. The molecule has 0 saturated carbocycles. The number of aromatic carboxylic acids is 1. The Hall–Kier alpha value is -3.28. The molecule has 0 radical (unpaired) electrons. The van der Waals surface area contributed by atoms with Gasteiger partial charge in [0.25, 0.3) is 0 Å². The van der Waals surface area contributed by atoms with E-state index in [1.807, 2.05) is 75.3 Å². The summed E-state index contributed by atoms with van der Waals surface area (Å²) in [4.78, 5) is 18.1. The number of fused-ring (bicyclic) bond motifs is 1. The van der Waals surface area contributed by atoms with Crippen molar-refractivity contribution in [3.63, 3.8) is 0 Å². The first-order chi connectivity index (χ1) is 12.9. The van der Waals surface area contributed by atoms with E-state index in [1.54, 1.807) is 0 Å². The van der Waals surface area contributed by atoms with Gasteiger partial charge < -0.3 is 20.1 Å². The number of aromatic nitrogens is 1. The van der Waals surface area contributed by atoms with Crippen molar-refractivity contribution in [2.75, 3.05) is 24.3 Å². The molecule has 0 aliphatic carbocycles. The number of benzene rings is 2. The van der Waals surface area contributed by atoms with Crippen LogP contribution in [0.1, 0.15) is 24.2 Å². The highest BCUT2D eigenvalue weighted by molar-refractivity contribution is 6.06. The van der Waals surface area contributed by atoms with Gasteiger partial charge in [0, 0.05) is 31.4 Å². The predicted molar refractivity (Wildman–Crippen MR) is 109 cm³/mol. The Kier molecular flexibility index (Phi) is 5.16. The normalized spacial score (nSPS) is 10.9. The molecule has 140 valence electrons. The number of rotatable bonds is 6. The van der Waals surface area contributed by atoms with E-state index >= 15 is 0 Å². The van der Waals surface area contributed by atoms with Crippen LogP contribution >= 0.6 is 0 Å². The molecule has 1 heterocycles. The van der Waals surface area contributed by atoms with E-state index < -0.39 is 5.97 Å². The first-order valence-corrected chi connectivity index (χ1v) is 8.73. The Morgan fingerprint density at radius 2 is 1.93 bits per heavy atom. The molecule has 0 fully saturated rings. The smallest absolute Gasteiger partial charge is 0.339 e. The lowest BCUT2D eigenvalue weighted by molar-refractivity contribution is 0.0697. The Labute approximate surface area is 158 Å². The second-order valence-electron chi connectivity index (χ2n) is 6.74. The summed E-state index contributed by atoms with van der Waals surface area (Å²) in [5.74, 6) is -0.373. The maximum absolute atomic E-state index is 11.8. The summed E-state index contributed by atoms with van der Waals surface area (Å²) in [6.07, 6.45) is 1.38. The summed E-state index contributed by atoms with van der Waals surface area (Å²) in [7, 11) is 3.88. The Morgan fingerprint density at radius 3 is 2.59 bits per heavy atom. The molecule has 0 amide bonds. The number of ether oxygens (including phenoxy) is 1. The van der Waals surface area contributed by atoms with Crippen LogP contribution in [0.3, 0.4) is 0 Å². The maximum Gasteiger partial charge on any atom is 0.339 e. The summed E-state index contributed by atoms with van der Waals surface area (Å²) < 4.78 is 5.86. The number of nitrogens with zero attached hydrogens (tertiary/aromatic N) is 2. The van der Waals surface area contributed by atoms with Crippen molar-refractivity contribution >= 4 is 33.9 Å². The average molecular weight is 365 g/mol. The quantitative estimate of drug-likeness (QED) is 0.668. The van der Waals surface area contributed by atoms with Crippen molar-refractivity contribution in [1.29, 1.82) is 0 Å². The molecule has 0 spiro atoms. The zero-order valence-electron chi connectivity index (χ0n) is 15.9. The number of carbonyl (C=O) groups is 1. The number of pyridine rings is 1. The zero-order valence-corrected chi connectivity index (χ0v) is 15.9. The maximum atomic E-state index is 11.8. The van der Waals surface area contributed by atoms with Crippen LogP contribution in [0.2, 0.25) is 0 Å². The van der Waals surface area contributed by atoms with Crippen LogP contribution in [-0.4, -0.2) is 36.3 Å². The minimum Gasteiger partial charge on any atom is -0.489 e. The zero-order chi connectivity index (χ0) is 19.6. The SMILES string of the molecule is CC(C)Oc1ccccc1Nc1c(C(=O)O)cnc2ccc(N(C)C)cc12. The summed E-state index contributed by atoms with van der Waals surface area (Å²) in [5.41, 5.74) is 2.99. The minimum atomic E-state index is -1.04. The van der Waals surface area contributed by atoms with Crippen molar-refractivity contribution in [3.8, 4) is 5.75 Å². The van der Waals surface area contributed by atoms with Crippen molar-refractivity contribution in [2.24, 2.45) is 0 Å². The highest BCUT2D eigenvalue weighted by Crippen LogP contribution is 2.35. The van der Waals surface area contributed by atoms with Crippen LogP contribution in [0, 0.1) is 0 Å². The number of anilines is 3. The molecule has 6 nitrogen and oxygen atoms in total. The minimum absolute atomic E-state index is 0.00132. The van der Waals surface area contributed by atoms with Crippen LogP contribution < -0.4 is 15.0 Å². The van der Waals surface area contributed by atoms with Gasteiger partial charge in [-0.2, -0.15) is 0 Å². The number of hydrogen-bond acceptors (Lipinski definition) is 5. The van der Waals surface area contributed by atoms with Gasteiger partial charge in [0.2, 0.25) is 0 Å². The molecule has 0 atom stereocenters. The predicted octanol–water partition coefficient (Wildman–Crippen LogP) is 4.53. The van der Waals surface area contributed by atoms with E-state index in [2.05, 4.69) is 10.3 Å². The molecule has 6 heteroatoms. The molecule has 0 bridgehead atoms. The van der Waals surface area contributed by atoms with E-state index in [0.29, 0.717) is 17.1 Å². The Bertz CT molecular complexity index is 984. The van der Waals surface area contributed by atoms with Crippen LogP contribution in [-0.2, 0) is 0 Å². The third-order valence-corrected chi connectivity index (χ3v) is 4.11. The molecular weight excluding hydrogens is 342 g/mol. The first-order valence-electron chi connectivity index (χ1n) is 8.73. The van der Waals surface area contributed by atoms with Gasteiger partial charge in [0.05, 0.1) is 23.0 Å². The fourth-order valence-electron chi connectivity index (χ4n) is 2.82. The molecule has 2 aromatic carbocycles. The average Bonchev–Trinajstić information content (AvgIpc) is 2.62. The van der Waals surface area contributed by atoms with Crippen molar-refractivity contribution in [3.05, 3.63) is 54.2 Å². The van der Waals surface area contributed by atoms with Crippen LogP contribution in [0.5, 0.6) is 5.75 Å². The summed E-state index contributed by atoms with van der Waals surface area (Å²) in [6, 6.07) is 13.3. The summed E-state index contributed by atoms with van der Waals surface area (Å²) >= 11 is 0. The van der Waals surface area contributed by atoms with E-state index in [0.717, 1.165) is 16.6 Å². The molecule has 3 aromatic rings. The van der Waals surface area contributed by atoms with E-state index in [9.17, 15) is 9.90 Å². The lowest BCUT2D eigenvalue weighted by atomic mass is 10.1. The van der Waals surface area contributed by atoms with Crippen LogP contribution in [0.25, 0.3) is 10.9 Å². The Morgan fingerprint density at radius 1 is 1.19 bits per heavy atom. The molecule has 2 N–H and O–H groups in total. The van der Waals surface area contributed by atoms with E-state index in [1.165, 1.54) is 6.20 Å². The van der Waals surface area contributed by atoms with E-state index in [-0.39, 0.29) is 11.7 Å². The molecule has 0 unspecified atom stereocenters. The lowest BCUT2D eigenvalue weighted by Gasteiger charge is -2.19. The largest absolute Gasteiger partial charge is 0.489 e. The van der Waals surface area contributed by atoms with Gasteiger partial charge in [0.1, 0.15) is 11.3 Å². The molecular formula is C21H23N3O3. The van der Waals surface area contributed by atoms with Crippen molar-refractivity contribution < 1.29 is 14.6 Å². The van der Waals surface area contributed by atoms with Crippen molar-refractivity contribution in [1.82, 2.24) is 4.98 Å². The summed E-state index contributed by atoms with van der Waals surface area (Å²) in [6.45, 7) is 3.90. The monoisotopic (exact) mass is 365 g/mol. The molecule has 0 aliphatic rings. The van der Waals surface area contributed by atoms with Gasteiger partial charge in [-0.25, -0.2) is 4.79 Å². The van der Waals surface area contributed by atoms with Gasteiger partial charge in [-0.1, -0.05) is 12.1 Å². The third kappa shape index (κ3) is 3.95. The number of carboxylic acid groups (broad SMARTS) is 1. The van der Waals surface area contributed by atoms with Gasteiger partial charge in [-0.3, -0.25) is 4.98 Å². The third-order valence-electron chi connectivity index (χ3n) is 4.11. The van der Waals surface area contributed by atoms with E-state index in [4.69, 9.17) is 4.74 Å². The second-order valence-corrected chi connectivity index (χ2v) is 6.74. The van der Waals surface area contributed by atoms with Crippen LogP contribution in [0.15, 0.2) is 48.7 Å². The fraction of sp³-hybridized carbons (Fsp3) is 0.238. The molecule has 0 saturated heterocycles. The summed E-state index contributed by atoms with van der Waals surface area (Å²) in [5, 5.41) is 13.7. The number of hydrogen-bond donors (Lipinski definition) is 2. The molecule has 1 aromatic heterocycles. The highest BCUT2D eigenvalue weighted by Gasteiger charge is 2.17. The van der Waals surface area contributed by atoms with Gasteiger partial charge in [-0.15, -0.1) is 0 Å². The standard InChI is InChI=1S/C21H23N3O3/c1-13(2)27-19-8-6-5-7-18(19)23-20-15-11-14(24(3)4)9-10-17(15)22-12-16(20)21(25)26/h5-13H,1-4H3,(H,22,23)(H,25,26). The molecule has 0 aliphatic heterocycles. The van der Waals surface area contributed by atoms with Gasteiger partial charge in [-0.05, 0) is 44.2 Å². The van der Waals surface area contributed by atoms with Crippen LogP contribution in [0.4, 0.5) is 17.1 Å². The topological polar surface area (TPSA) is 74.7 Å². The fourth-order valence-corrected chi connectivity index (χ4v) is 2.82. The van der Waals surface area contributed by atoms with Crippen molar-refractivity contribution in [2.45, 2.75) is 20.0 Å². The molecule has 3 rings (SSSR count). The highest BCUT2D eigenvalue weighted by atomic mass is 16.5.